The molecular weight excluding hydrogens is 304 g/mol. The Morgan fingerprint density at radius 3 is 2.82 bits per heavy atom. The number of hydrogen-bond donors (Lipinski definition) is 1. The zero-order valence-corrected chi connectivity index (χ0v) is 11.2. The molecule has 0 amide bonds. The first-order chi connectivity index (χ1) is 8.13. The quantitative estimate of drug-likeness (QED) is 0.880. The van der Waals surface area contributed by atoms with Gasteiger partial charge in [-0.1, -0.05) is 39.7 Å². The third-order valence-electron chi connectivity index (χ3n) is 2.07. The summed E-state index contributed by atoms with van der Waals surface area (Å²) in [6.45, 7) is 0.423. The molecule has 1 heterocycles. The molecule has 0 radical (unpaired) electrons. The zero-order chi connectivity index (χ0) is 12.3. The van der Waals surface area contributed by atoms with Gasteiger partial charge < -0.3 is 10.5 Å². The molecular formula is C12H10BrClN2O. The fraction of sp³-hybridized carbons (Fsp3) is 0.0833. The van der Waals surface area contributed by atoms with E-state index in [1.165, 1.54) is 0 Å². The maximum absolute atomic E-state index is 5.78. The number of benzene rings is 1. The van der Waals surface area contributed by atoms with E-state index in [4.69, 9.17) is 22.1 Å². The summed E-state index contributed by atoms with van der Waals surface area (Å²) >= 11 is 9.18. The molecule has 17 heavy (non-hydrogen) atoms. The Morgan fingerprint density at radius 2 is 2.12 bits per heavy atom. The first kappa shape index (κ1) is 12.2. The Hall–Kier alpha value is -1.26. The minimum absolute atomic E-state index is 0.328. The van der Waals surface area contributed by atoms with Crippen molar-refractivity contribution in [3.05, 3.63) is 51.6 Å². The van der Waals surface area contributed by atoms with Crippen molar-refractivity contribution in [1.29, 1.82) is 0 Å². The van der Waals surface area contributed by atoms with Crippen LogP contribution in [0.15, 0.2) is 40.9 Å². The van der Waals surface area contributed by atoms with Crippen LogP contribution in [-0.2, 0) is 6.61 Å². The van der Waals surface area contributed by atoms with Crippen molar-refractivity contribution in [1.82, 2.24) is 4.98 Å². The van der Waals surface area contributed by atoms with E-state index in [0.29, 0.717) is 23.3 Å². The van der Waals surface area contributed by atoms with Crippen molar-refractivity contribution in [2.24, 2.45) is 0 Å². The summed E-state index contributed by atoms with van der Waals surface area (Å²) in [6, 6.07) is 11.1. The van der Waals surface area contributed by atoms with E-state index >= 15 is 0 Å². The first-order valence-electron chi connectivity index (χ1n) is 4.94. The second-order valence-electron chi connectivity index (χ2n) is 3.48. The summed E-state index contributed by atoms with van der Waals surface area (Å²) in [5, 5.41) is 0.328. The van der Waals surface area contributed by atoms with Gasteiger partial charge in [0.25, 0.3) is 0 Å². The van der Waals surface area contributed by atoms with Crippen LogP contribution in [0.3, 0.4) is 0 Å². The van der Waals surface area contributed by atoms with Gasteiger partial charge in [-0.15, -0.1) is 0 Å². The van der Waals surface area contributed by atoms with E-state index in [-0.39, 0.29) is 0 Å². The molecule has 0 fully saturated rings. The van der Waals surface area contributed by atoms with Crippen molar-refractivity contribution in [2.45, 2.75) is 6.61 Å². The lowest BCUT2D eigenvalue weighted by atomic mass is 10.2. The van der Waals surface area contributed by atoms with E-state index < -0.39 is 0 Å². The van der Waals surface area contributed by atoms with Crippen LogP contribution >= 0.6 is 27.5 Å². The van der Waals surface area contributed by atoms with Crippen molar-refractivity contribution >= 4 is 33.2 Å². The summed E-state index contributed by atoms with van der Waals surface area (Å²) in [5.74, 6) is 0.426. The normalized spacial score (nSPS) is 10.2. The Balaban J connectivity index is 2.07. The van der Waals surface area contributed by atoms with Crippen molar-refractivity contribution in [2.75, 3.05) is 5.73 Å². The highest BCUT2D eigenvalue weighted by Crippen LogP contribution is 2.19. The molecule has 1 aromatic carbocycles. The van der Waals surface area contributed by atoms with Crippen LogP contribution in [0.5, 0.6) is 5.88 Å². The van der Waals surface area contributed by atoms with Gasteiger partial charge in [0.1, 0.15) is 11.8 Å². The van der Waals surface area contributed by atoms with Gasteiger partial charge >= 0.3 is 0 Å². The van der Waals surface area contributed by atoms with Crippen molar-refractivity contribution in [3.8, 4) is 5.88 Å². The second-order valence-corrected chi connectivity index (χ2v) is 4.78. The van der Waals surface area contributed by atoms with Crippen molar-refractivity contribution < 1.29 is 4.74 Å². The van der Waals surface area contributed by atoms with Gasteiger partial charge in [0, 0.05) is 16.2 Å². The van der Waals surface area contributed by atoms with Crippen LogP contribution in [-0.4, -0.2) is 4.98 Å². The summed E-state index contributed by atoms with van der Waals surface area (Å²) in [6.07, 6.45) is 0. The minimum atomic E-state index is 0.328. The Bertz CT molecular complexity index is 513. The largest absolute Gasteiger partial charge is 0.473 e. The summed E-state index contributed by atoms with van der Waals surface area (Å²) in [4.78, 5) is 4.02. The van der Waals surface area contributed by atoms with Gasteiger partial charge in [-0.25, -0.2) is 4.98 Å². The van der Waals surface area contributed by atoms with Gasteiger partial charge in [-0.05, 0) is 23.8 Å². The molecule has 2 aromatic rings. The molecule has 0 aliphatic heterocycles. The van der Waals surface area contributed by atoms with Crippen LogP contribution in [0.4, 0.5) is 5.69 Å². The number of nitrogens with zero attached hydrogens (tertiary/aromatic N) is 1. The van der Waals surface area contributed by atoms with E-state index in [0.717, 1.165) is 10.0 Å². The van der Waals surface area contributed by atoms with Crippen LogP contribution in [0, 0.1) is 0 Å². The van der Waals surface area contributed by atoms with Gasteiger partial charge in [-0.3, -0.25) is 0 Å². The second kappa shape index (κ2) is 5.38. The highest BCUT2D eigenvalue weighted by molar-refractivity contribution is 9.10. The van der Waals surface area contributed by atoms with Gasteiger partial charge in [-0.2, -0.15) is 0 Å². The van der Waals surface area contributed by atoms with Crippen LogP contribution in [0.25, 0.3) is 0 Å². The number of nitrogens with two attached hydrogens (primary N) is 1. The molecule has 0 saturated heterocycles. The Labute approximate surface area is 113 Å². The Morgan fingerprint density at radius 1 is 1.29 bits per heavy atom. The third kappa shape index (κ3) is 3.61. The summed E-state index contributed by atoms with van der Waals surface area (Å²) in [5.41, 5.74) is 7.22. The molecule has 0 aliphatic carbocycles. The van der Waals surface area contributed by atoms with Gasteiger partial charge in [0.05, 0.1) is 0 Å². The fourth-order valence-electron chi connectivity index (χ4n) is 1.35. The number of ether oxygens (including phenoxy) is 1. The molecule has 0 spiro atoms. The molecule has 88 valence electrons. The number of rotatable bonds is 3. The summed E-state index contributed by atoms with van der Waals surface area (Å²) in [7, 11) is 0. The minimum Gasteiger partial charge on any atom is -0.473 e. The van der Waals surface area contributed by atoms with Crippen LogP contribution in [0.1, 0.15) is 5.56 Å². The molecule has 0 saturated carbocycles. The highest BCUT2D eigenvalue weighted by Gasteiger charge is 2.01. The number of hydrogen-bond acceptors (Lipinski definition) is 3. The molecule has 2 N–H and O–H groups in total. The Kier molecular flexibility index (Phi) is 3.86. The standard InChI is InChI=1S/C12H10BrClN2O/c13-9-3-1-2-8(4-9)7-17-12-6-10(15)5-11(14)16-12/h1-6H,7H2,(H2,15,16). The number of pyridine rings is 1. The molecule has 3 nitrogen and oxygen atoms in total. The van der Waals surface area contributed by atoms with Gasteiger partial charge in [0.15, 0.2) is 0 Å². The molecule has 0 atom stereocenters. The predicted octanol–water partition coefficient (Wildman–Crippen LogP) is 3.66. The lowest BCUT2D eigenvalue weighted by Gasteiger charge is -2.06. The number of nitrogen functional groups attached to an aromatic ring is 1. The molecule has 5 heteroatoms. The molecule has 0 unspecified atom stereocenters. The average molecular weight is 314 g/mol. The summed E-state index contributed by atoms with van der Waals surface area (Å²) < 4.78 is 6.52. The molecule has 1 aromatic heterocycles. The van der Waals surface area contributed by atoms with E-state index in [9.17, 15) is 0 Å². The first-order valence-corrected chi connectivity index (χ1v) is 6.11. The number of halogens is 2. The molecule has 0 aliphatic rings. The topological polar surface area (TPSA) is 48.1 Å². The zero-order valence-electron chi connectivity index (χ0n) is 8.86. The lowest BCUT2D eigenvalue weighted by Crippen LogP contribution is -1.98. The van der Waals surface area contributed by atoms with Crippen LogP contribution in [0.2, 0.25) is 5.15 Å². The SMILES string of the molecule is Nc1cc(Cl)nc(OCc2cccc(Br)c2)c1. The highest BCUT2D eigenvalue weighted by atomic mass is 79.9. The smallest absolute Gasteiger partial charge is 0.217 e. The number of aromatic nitrogens is 1. The van der Waals surface area contributed by atoms with Crippen molar-refractivity contribution in [3.63, 3.8) is 0 Å². The van der Waals surface area contributed by atoms with Gasteiger partial charge in [0.2, 0.25) is 5.88 Å². The molecule has 0 bridgehead atoms. The fourth-order valence-corrected chi connectivity index (χ4v) is 2.01. The lowest BCUT2D eigenvalue weighted by molar-refractivity contribution is 0.294. The van der Waals surface area contributed by atoms with E-state index in [1.807, 2.05) is 24.3 Å². The van der Waals surface area contributed by atoms with Crippen LogP contribution < -0.4 is 10.5 Å². The monoisotopic (exact) mass is 312 g/mol. The average Bonchev–Trinajstić information content (AvgIpc) is 2.25. The maximum Gasteiger partial charge on any atom is 0.217 e. The van der Waals surface area contributed by atoms with E-state index in [1.54, 1.807) is 12.1 Å². The maximum atomic E-state index is 5.78. The van der Waals surface area contributed by atoms with E-state index in [2.05, 4.69) is 20.9 Å². The number of anilines is 1. The third-order valence-corrected chi connectivity index (χ3v) is 2.76. The predicted molar refractivity (Wildman–Crippen MR) is 72.1 cm³/mol. The molecule has 2 rings (SSSR count).